The van der Waals surface area contributed by atoms with Crippen molar-refractivity contribution in [3.05, 3.63) is 65.7 Å². The fourth-order valence-electron chi connectivity index (χ4n) is 1.98. The lowest BCUT2D eigenvalue weighted by molar-refractivity contribution is -0.116. The number of rotatable bonds is 6. The average Bonchev–Trinajstić information content (AvgIpc) is 2.59. The van der Waals surface area contributed by atoms with Crippen LogP contribution in [0.5, 0.6) is 5.75 Å². The molecule has 1 amide bonds. The van der Waals surface area contributed by atoms with Crippen molar-refractivity contribution in [3.63, 3.8) is 0 Å². The lowest BCUT2D eigenvalue weighted by atomic mass is 10.1. The second kappa shape index (κ2) is 8.00. The summed E-state index contributed by atoms with van der Waals surface area (Å²) < 4.78 is 5.07. The lowest BCUT2D eigenvalue weighted by Gasteiger charge is -2.11. The van der Waals surface area contributed by atoms with Crippen LogP contribution in [0, 0.1) is 0 Å². The van der Waals surface area contributed by atoms with Gasteiger partial charge in [-0.05, 0) is 41.5 Å². The van der Waals surface area contributed by atoms with Gasteiger partial charge in [-0.2, -0.15) is 0 Å². The number of amides is 1. The summed E-state index contributed by atoms with van der Waals surface area (Å²) in [5, 5.41) is 12.7. The Morgan fingerprint density at radius 1 is 1.22 bits per heavy atom. The molecular weight excluding hydrogens is 292 g/mol. The molecule has 2 rings (SSSR count). The van der Waals surface area contributed by atoms with E-state index in [9.17, 15) is 9.90 Å². The third-order valence-corrected chi connectivity index (χ3v) is 3.33. The Bertz CT molecular complexity index is 664. The van der Waals surface area contributed by atoms with Crippen LogP contribution >= 0.6 is 0 Å². The van der Waals surface area contributed by atoms with E-state index in [-0.39, 0.29) is 12.5 Å². The lowest BCUT2D eigenvalue weighted by Crippen LogP contribution is -2.26. The number of hydrogen-bond donors (Lipinski definition) is 3. The molecule has 4 N–H and O–H groups in total. The van der Waals surface area contributed by atoms with Crippen LogP contribution in [0.1, 0.15) is 17.2 Å². The summed E-state index contributed by atoms with van der Waals surface area (Å²) >= 11 is 0. The predicted molar refractivity (Wildman–Crippen MR) is 90.9 cm³/mol. The topological polar surface area (TPSA) is 84.6 Å². The minimum atomic E-state index is -0.770. The minimum absolute atomic E-state index is 0.135. The highest BCUT2D eigenvalue weighted by atomic mass is 16.5. The Balaban J connectivity index is 1.84. The molecule has 0 radical (unpaired) electrons. The summed E-state index contributed by atoms with van der Waals surface area (Å²) in [5.41, 5.74) is 7.82. The molecule has 2 aromatic rings. The maximum atomic E-state index is 11.8. The maximum absolute atomic E-state index is 11.8. The highest BCUT2D eigenvalue weighted by molar-refractivity contribution is 5.91. The summed E-state index contributed by atoms with van der Waals surface area (Å²) in [7, 11) is 1.60. The van der Waals surface area contributed by atoms with E-state index in [4.69, 9.17) is 10.5 Å². The SMILES string of the molecule is COc1ccc(/C=C/C(=O)NCC(O)c2ccc(N)cc2)cc1. The molecule has 0 aromatic heterocycles. The number of anilines is 1. The molecule has 0 aliphatic heterocycles. The first kappa shape index (κ1) is 16.6. The fraction of sp³-hybridized carbons (Fsp3) is 0.167. The predicted octanol–water partition coefficient (Wildman–Crippen LogP) is 2.14. The van der Waals surface area contributed by atoms with Crippen molar-refractivity contribution in [3.8, 4) is 5.75 Å². The minimum Gasteiger partial charge on any atom is -0.497 e. The Morgan fingerprint density at radius 2 is 1.87 bits per heavy atom. The van der Waals surface area contributed by atoms with Crippen molar-refractivity contribution in [1.29, 1.82) is 0 Å². The number of nitrogen functional groups attached to an aromatic ring is 1. The largest absolute Gasteiger partial charge is 0.497 e. The molecular formula is C18H20N2O3. The zero-order chi connectivity index (χ0) is 16.7. The van der Waals surface area contributed by atoms with Gasteiger partial charge in [0.25, 0.3) is 0 Å². The van der Waals surface area contributed by atoms with E-state index in [0.29, 0.717) is 11.3 Å². The van der Waals surface area contributed by atoms with Crippen LogP contribution in [0.25, 0.3) is 6.08 Å². The molecule has 5 nitrogen and oxygen atoms in total. The van der Waals surface area contributed by atoms with E-state index in [2.05, 4.69) is 5.32 Å². The second-order valence-corrected chi connectivity index (χ2v) is 5.03. The van der Waals surface area contributed by atoms with Crippen molar-refractivity contribution < 1.29 is 14.6 Å². The number of carbonyl (C=O) groups excluding carboxylic acids is 1. The number of carbonyl (C=O) groups is 1. The first-order valence-corrected chi connectivity index (χ1v) is 7.22. The molecule has 0 heterocycles. The molecule has 23 heavy (non-hydrogen) atoms. The number of nitrogens with one attached hydrogen (secondary N) is 1. The highest BCUT2D eigenvalue weighted by Crippen LogP contribution is 2.14. The molecule has 5 heteroatoms. The molecule has 120 valence electrons. The Kier molecular flexibility index (Phi) is 5.77. The summed E-state index contributed by atoms with van der Waals surface area (Å²) in [5.74, 6) is 0.494. The number of hydrogen-bond acceptors (Lipinski definition) is 4. The Hall–Kier alpha value is -2.79. The third-order valence-electron chi connectivity index (χ3n) is 3.33. The van der Waals surface area contributed by atoms with Crippen molar-refractivity contribution in [1.82, 2.24) is 5.32 Å². The summed E-state index contributed by atoms with van der Waals surface area (Å²) in [6, 6.07) is 14.2. The van der Waals surface area contributed by atoms with Gasteiger partial charge in [0.1, 0.15) is 5.75 Å². The van der Waals surface area contributed by atoms with Gasteiger partial charge >= 0.3 is 0 Å². The quantitative estimate of drug-likeness (QED) is 0.563. The van der Waals surface area contributed by atoms with Gasteiger partial charge in [-0.1, -0.05) is 24.3 Å². The normalized spacial score (nSPS) is 12.1. The molecule has 0 bridgehead atoms. The maximum Gasteiger partial charge on any atom is 0.244 e. The third kappa shape index (κ3) is 5.16. The molecule has 1 atom stereocenters. The highest BCUT2D eigenvalue weighted by Gasteiger charge is 2.07. The molecule has 2 aromatic carbocycles. The first-order valence-electron chi connectivity index (χ1n) is 7.22. The van der Waals surface area contributed by atoms with Crippen LogP contribution in [0.3, 0.4) is 0 Å². The average molecular weight is 312 g/mol. The summed E-state index contributed by atoms with van der Waals surface area (Å²) in [6.45, 7) is 0.135. The van der Waals surface area contributed by atoms with Gasteiger partial charge in [-0.3, -0.25) is 4.79 Å². The van der Waals surface area contributed by atoms with Crippen molar-refractivity contribution >= 4 is 17.7 Å². The number of nitrogens with two attached hydrogens (primary N) is 1. The number of aliphatic hydroxyl groups excluding tert-OH is 1. The zero-order valence-corrected chi connectivity index (χ0v) is 12.9. The van der Waals surface area contributed by atoms with Gasteiger partial charge in [0.15, 0.2) is 0 Å². The van der Waals surface area contributed by atoms with Gasteiger partial charge in [0.2, 0.25) is 5.91 Å². The van der Waals surface area contributed by atoms with Crippen molar-refractivity contribution in [2.75, 3.05) is 19.4 Å². The Labute approximate surface area is 135 Å². The van der Waals surface area contributed by atoms with Gasteiger partial charge in [0, 0.05) is 18.3 Å². The molecule has 0 fully saturated rings. The Morgan fingerprint density at radius 3 is 2.48 bits per heavy atom. The van der Waals surface area contributed by atoms with E-state index < -0.39 is 6.10 Å². The first-order chi connectivity index (χ1) is 11.1. The monoisotopic (exact) mass is 312 g/mol. The van der Waals surface area contributed by atoms with Gasteiger partial charge < -0.3 is 20.9 Å². The van der Waals surface area contributed by atoms with E-state index >= 15 is 0 Å². The molecule has 0 saturated carbocycles. The van der Waals surface area contributed by atoms with Crippen molar-refractivity contribution in [2.45, 2.75) is 6.10 Å². The van der Waals surface area contributed by atoms with Crippen LogP contribution in [0.2, 0.25) is 0 Å². The number of ether oxygens (including phenoxy) is 1. The van der Waals surface area contributed by atoms with Crippen LogP contribution < -0.4 is 15.8 Å². The fourth-order valence-corrected chi connectivity index (χ4v) is 1.98. The van der Waals surface area contributed by atoms with E-state index in [0.717, 1.165) is 11.3 Å². The van der Waals surface area contributed by atoms with Crippen molar-refractivity contribution in [2.24, 2.45) is 0 Å². The second-order valence-electron chi connectivity index (χ2n) is 5.03. The molecule has 0 aliphatic rings. The summed E-state index contributed by atoms with van der Waals surface area (Å²) in [4.78, 5) is 11.8. The zero-order valence-electron chi connectivity index (χ0n) is 12.9. The van der Waals surface area contributed by atoms with Crippen LogP contribution in [0.4, 0.5) is 5.69 Å². The molecule has 0 aliphatic carbocycles. The summed E-state index contributed by atoms with van der Waals surface area (Å²) in [6.07, 6.45) is 2.36. The molecule has 0 spiro atoms. The van der Waals surface area contributed by atoms with Crippen LogP contribution in [-0.2, 0) is 4.79 Å². The number of methoxy groups -OCH3 is 1. The van der Waals surface area contributed by atoms with Gasteiger partial charge in [-0.25, -0.2) is 0 Å². The van der Waals surface area contributed by atoms with E-state index in [1.807, 2.05) is 24.3 Å². The number of aliphatic hydroxyl groups is 1. The standard InChI is InChI=1S/C18H20N2O3/c1-23-16-9-2-13(3-10-16)4-11-18(22)20-12-17(21)14-5-7-15(19)8-6-14/h2-11,17,21H,12,19H2,1H3,(H,20,22)/b11-4+. The smallest absolute Gasteiger partial charge is 0.244 e. The molecule has 0 saturated heterocycles. The van der Waals surface area contributed by atoms with E-state index in [1.165, 1.54) is 6.08 Å². The number of benzene rings is 2. The van der Waals surface area contributed by atoms with E-state index in [1.54, 1.807) is 37.5 Å². The van der Waals surface area contributed by atoms with Gasteiger partial charge in [0.05, 0.1) is 13.2 Å². The van der Waals surface area contributed by atoms with Gasteiger partial charge in [-0.15, -0.1) is 0 Å². The molecule has 1 unspecified atom stereocenters. The van der Waals surface area contributed by atoms with Crippen LogP contribution in [0.15, 0.2) is 54.6 Å². The van der Waals surface area contributed by atoms with Crippen LogP contribution in [-0.4, -0.2) is 24.7 Å².